The Morgan fingerprint density at radius 2 is 1.94 bits per heavy atom. The van der Waals surface area contributed by atoms with Gasteiger partial charge in [0.05, 0.1) is 0 Å². The van der Waals surface area contributed by atoms with Crippen LogP contribution in [0.25, 0.3) is 0 Å². The van der Waals surface area contributed by atoms with Crippen molar-refractivity contribution in [2.45, 2.75) is 32.6 Å². The number of rotatable bonds is 6. The van der Waals surface area contributed by atoms with Gasteiger partial charge in [0, 0.05) is 6.54 Å². The minimum absolute atomic E-state index is 0.392. The maximum absolute atomic E-state index is 11.3. The summed E-state index contributed by atoms with van der Waals surface area (Å²) in [7, 11) is 0. The molecule has 0 aliphatic carbocycles. The molecule has 0 bridgehead atoms. The van der Waals surface area contributed by atoms with Crippen LogP contribution in [0.5, 0.6) is 0 Å². The van der Waals surface area contributed by atoms with Gasteiger partial charge in [0.2, 0.25) is 5.91 Å². The maximum atomic E-state index is 11.3. The molecule has 98 valence electrons. The number of carboxylic acids is 1. The van der Waals surface area contributed by atoms with Gasteiger partial charge in [0.1, 0.15) is 5.92 Å². The van der Waals surface area contributed by atoms with Crippen LogP contribution in [-0.2, 0) is 9.59 Å². The van der Waals surface area contributed by atoms with Gasteiger partial charge in [-0.2, -0.15) is 0 Å². The van der Waals surface area contributed by atoms with Crippen molar-refractivity contribution in [1.82, 2.24) is 10.2 Å². The van der Waals surface area contributed by atoms with Gasteiger partial charge in [-0.05, 0) is 45.8 Å². The first kappa shape index (κ1) is 14.0. The van der Waals surface area contributed by atoms with Crippen molar-refractivity contribution >= 4 is 11.9 Å². The third-order valence-electron chi connectivity index (χ3n) is 3.16. The highest BCUT2D eigenvalue weighted by atomic mass is 16.4. The number of likely N-dealkylation sites (tertiary alicyclic amines) is 1. The Labute approximate surface area is 102 Å². The van der Waals surface area contributed by atoms with Crippen molar-refractivity contribution in [1.29, 1.82) is 0 Å². The summed E-state index contributed by atoms with van der Waals surface area (Å²) in [6, 6.07) is 0. The Morgan fingerprint density at radius 1 is 1.29 bits per heavy atom. The second-order valence-electron chi connectivity index (χ2n) is 4.61. The predicted octanol–water partition coefficient (Wildman–Crippen LogP) is 0.699. The van der Waals surface area contributed by atoms with Crippen LogP contribution in [0.15, 0.2) is 0 Å². The van der Waals surface area contributed by atoms with Gasteiger partial charge in [-0.1, -0.05) is 6.42 Å². The summed E-state index contributed by atoms with van der Waals surface area (Å²) in [4.78, 5) is 24.3. The van der Waals surface area contributed by atoms with Crippen molar-refractivity contribution in [3.05, 3.63) is 0 Å². The van der Waals surface area contributed by atoms with Gasteiger partial charge >= 0.3 is 5.97 Å². The Balaban J connectivity index is 2.07. The molecule has 17 heavy (non-hydrogen) atoms. The fourth-order valence-electron chi connectivity index (χ4n) is 1.96. The first-order chi connectivity index (χ1) is 8.11. The number of carbonyl (C=O) groups excluding carboxylic acids is 1. The molecular formula is C12H22N2O3. The quantitative estimate of drug-likeness (QED) is 0.531. The van der Waals surface area contributed by atoms with Gasteiger partial charge in [-0.25, -0.2) is 0 Å². The molecule has 1 aliphatic heterocycles. The van der Waals surface area contributed by atoms with E-state index in [4.69, 9.17) is 5.11 Å². The second kappa shape index (κ2) is 7.27. The standard InChI is InChI=1S/C12H22N2O3/c1-10(12(16)17)11(15)13-6-5-9-14-7-3-2-4-8-14/h10H,2-9H2,1H3,(H,13,15)(H,16,17). The number of nitrogens with zero attached hydrogens (tertiary/aromatic N) is 1. The van der Waals surface area contributed by atoms with E-state index in [1.54, 1.807) is 0 Å². The Kier molecular flexibility index (Phi) is 5.97. The summed E-state index contributed by atoms with van der Waals surface area (Å²) in [5.41, 5.74) is 0. The lowest BCUT2D eigenvalue weighted by Gasteiger charge is -2.26. The highest BCUT2D eigenvalue weighted by Gasteiger charge is 2.19. The monoisotopic (exact) mass is 242 g/mol. The topological polar surface area (TPSA) is 69.6 Å². The molecule has 1 saturated heterocycles. The zero-order valence-corrected chi connectivity index (χ0v) is 10.4. The molecule has 1 atom stereocenters. The largest absolute Gasteiger partial charge is 0.481 e. The minimum atomic E-state index is -1.07. The number of hydrogen-bond donors (Lipinski definition) is 2. The van der Waals surface area contributed by atoms with E-state index in [0.717, 1.165) is 26.1 Å². The number of carboxylic acid groups (broad SMARTS) is 1. The highest BCUT2D eigenvalue weighted by Crippen LogP contribution is 2.08. The van der Waals surface area contributed by atoms with E-state index >= 15 is 0 Å². The molecule has 5 nitrogen and oxygen atoms in total. The zero-order valence-electron chi connectivity index (χ0n) is 10.4. The SMILES string of the molecule is CC(C(=O)O)C(=O)NCCCN1CCCCC1. The Morgan fingerprint density at radius 3 is 2.53 bits per heavy atom. The van der Waals surface area contributed by atoms with Crippen LogP contribution in [-0.4, -0.2) is 48.1 Å². The lowest BCUT2D eigenvalue weighted by molar-refractivity contribution is -0.146. The molecule has 1 rings (SSSR count). The molecule has 0 aromatic heterocycles. The van der Waals surface area contributed by atoms with Crippen LogP contribution in [0.3, 0.4) is 0 Å². The zero-order chi connectivity index (χ0) is 12.7. The molecule has 1 fully saturated rings. The van der Waals surface area contributed by atoms with E-state index in [-0.39, 0.29) is 0 Å². The van der Waals surface area contributed by atoms with Crippen molar-refractivity contribution < 1.29 is 14.7 Å². The first-order valence-corrected chi connectivity index (χ1v) is 6.34. The van der Waals surface area contributed by atoms with Crippen LogP contribution < -0.4 is 5.32 Å². The fourth-order valence-corrected chi connectivity index (χ4v) is 1.96. The molecule has 0 saturated carbocycles. The van der Waals surface area contributed by atoms with Crippen LogP contribution >= 0.6 is 0 Å². The van der Waals surface area contributed by atoms with E-state index in [1.807, 2.05) is 0 Å². The summed E-state index contributed by atoms with van der Waals surface area (Å²) in [5.74, 6) is -2.42. The molecule has 0 aromatic rings. The molecule has 1 aliphatic rings. The average molecular weight is 242 g/mol. The lowest BCUT2D eigenvalue weighted by atomic mass is 10.1. The Bertz CT molecular complexity index is 262. The molecule has 5 heteroatoms. The minimum Gasteiger partial charge on any atom is -0.481 e. The molecule has 2 N–H and O–H groups in total. The molecule has 0 aromatic carbocycles. The van der Waals surface area contributed by atoms with E-state index in [2.05, 4.69) is 10.2 Å². The normalized spacial score (nSPS) is 18.6. The number of nitrogens with one attached hydrogen (secondary N) is 1. The summed E-state index contributed by atoms with van der Waals surface area (Å²) in [6.45, 7) is 5.26. The molecular weight excluding hydrogens is 220 g/mol. The number of amides is 1. The highest BCUT2D eigenvalue weighted by molar-refractivity contribution is 5.96. The average Bonchev–Trinajstić information content (AvgIpc) is 2.34. The van der Waals surface area contributed by atoms with Gasteiger partial charge < -0.3 is 15.3 Å². The van der Waals surface area contributed by atoms with Crippen LogP contribution in [0.1, 0.15) is 32.6 Å². The summed E-state index contributed by atoms with van der Waals surface area (Å²) in [5, 5.41) is 11.3. The molecule has 0 radical (unpaired) electrons. The van der Waals surface area contributed by atoms with Gasteiger partial charge in [-0.15, -0.1) is 0 Å². The van der Waals surface area contributed by atoms with Crippen molar-refractivity contribution in [2.24, 2.45) is 5.92 Å². The van der Waals surface area contributed by atoms with E-state index in [1.165, 1.54) is 26.2 Å². The van der Waals surface area contributed by atoms with Gasteiger partial charge in [0.25, 0.3) is 0 Å². The molecule has 1 unspecified atom stereocenters. The number of piperidine rings is 1. The first-order valence-electron chi connectivity index (χ1n) is 6.34. The number of aliphatic carboxylic acids is 1. The molecule has 1 amide bonds. The van der Waals surface area contributed by atoms with Crippen molar-refractivity contribution in [3.63, 3.8) is 0 Å². The molecule has 0 spiro atoms. The maximum Gasteiger partial charge on any atom is 0.315 e. The van der Waals surface area contributed by atoms with Gasteiger partial charge in [-0.3, -0.25) is 9.59 Å². The van der Waals surface area contributed by atoms with Crippen molar-refractivity contribution in [3.8, 4) is 0 Å². The van der Waals surface area contributed by atoms with Crippen LogP contribution in [0.2, 0.25) is 0 Å². The Hall–Kier alpha value is -1.10. The summed E-state index contributed by atoms with van der Waals surface area (Å²) >= 11 is 0. The second-order valence-corrected chi connectivity index (χ2v) is 4.61. The third-order valence-corrected chi connectivity index (χ3v) is 3.16. The smallest absolute Gasteiger partial charge is 0.315 e. The van der Waals surface area contributed by atoms with E-state index in [9.17, 15) is 9.59 Å². The number of carbonyl (C=O) groups is 2. The van der Waals surface area contributed by atoms with Crippen LogP contribution in [0, 0.1) is 5.92 Å². The summed E-state index contributed by atoms with van der Waals surface area (Å²) < 4.78 is 0. The fraction of sp³-hybridized carbons (Fsp3) is 0.833. The predicted molar refractivity (Wildman–Crippen MR) is 64.7 cm³/mol. The van der Waals surface area contributed by atoms with E-state index in [0.29, 0.717) is 6.54 Å². The molecule has 1 heterocycles. The number of hydrogen-bond acceptors (Lipinski definition) is 3. The van der Waals surface area contributed by atoms with E-state index < -0.39 is 17.8 Å². The van der Waals surface area contributed by atoms with Crippen molar-refractivity contribution in [2.75, 3.05) is 26.2 Å². The summed E-state index contributed by atoms with van der Waals surface area (Å²) in [6.07, 6.45) is 4.74. The van der Waals surface area contributed by atoms with Crippen LogP contribution in [0.4, 0.5) is 0 Å². The lowest BCUT2D eigenvalue weighted by Crippen LogP contribution is -2.36. The third kappa shape index (κ3) is 5.17. The van der Waals surface area contributed by atoms with Gasteiger partial charge in [0.15, 0.2) is 0 Å².